The van der Waals surface area contributed by atoms with Gasteiger partial charge in [-0.1, -0.05) is 11.6 Å². The number of nitrogens with one attached hydrogen (secondary N) is 1. The summed E-state index contributed by atoms with van der Waals surface area (Å²) < 4.78 is 33.8. The van der Waals surface area contributed by atoms with Crippen molar-refractivity contribution < 1.29 is 13.2 Å². The van der Waals surface area contributed by atoms with Crippen molar-refractivity contribution in [3.05, 3.63) is 53.8 Å². The van der Waals surface area contributed by atoms with Gasteiger partial charge in [0.2, 0.25) is 0 Å². The molecule has 0 saturated carbocycles. The summed E-state index contributed by atoms with van der Waals surface area (Å²) in [6.07, 6.45) is 1.44. The van der Waals surface area contributed by atoms with Gasteiger partial charge in [-0.2, -0.15) is 0 Å². The average molecular weight is 366 g/mol. The van der Waals surface area contributed by atoms with Gasteiger partial charge < -0.3 is 4.74 Å². The van der Waals surface area contributed by atoms with Crippen LogP contribution >= 0.6 is 11.6 Å². The lowest BCUT2D eigenvalue weighted by Gasteiger charge is -2.10. The first-order valence-electron chi connectivity index (χ1n) is 6.69. The highest BCUT2D eigenvalue weighted by Gasteiger charge is 2.16. The van der Waals surface area contributed by atoms with Crippen molar-refractivity contribution in [2.75, 3.05) is 11.8 Å². The molecule has 0 aliphatic rings. The maximum atomic E-state index is 12.4. The van der Waals surface area contributed by atoms with Crippen molar-refractivity contribution in [1.29, 1.82) is 0 Å². The molecule has 124 valence electrons. The number of rotatable bonds is 5. The maximum Gasteiger partial charge on any atom is 0.261 e. The van der Waals surface area contributed by atoms with Crippen LogP contribution in [-0.2, 0) is 10.0 Å². The minimum absolute atomic E-state index is 0.0397. The quantitative estimate of drug-likeness (QED) is 0.743. The minimum Gasteiger partial charge on any atom is -0.495 e. The highest BCUT2D eigenvalue weighted by molar-refractivity contribution is 7.92. The van der Waals surface area contributed by atoms with E-state index < -0.39 is 10.0 Å². The number of tetrazole rings is 1. The number of nitrogens with zero attached hydrogens (tertiary/aromatic N) is 4. The van der Waals surface area contributed by atoms with Crippen LogP contribution in [0.2, 0.25) is 5.02 Å². The summed E-state index contributed by atoms with van der Waals surface area (Å²) in [7, 11) is -2.31. The number of sulfonamides is 1. The van der Waals surface area contributed by atoms with Crippen LogP contribution in [0.3, 0.4) is 0 Å². The summed E-state index contributed by atoms with van der Waals surface area (Å²) in [5.41, 5.74) is 1.11. The van der Waals surface area contributed by atoms with Gasteiger partial charge in [0.1, 0.15) is 12.1 Å². The molecule has 0 aliphatic heterocycles. The largest absolute Gasteiger partial charge is 0.495 e. The first-order chi connectivity index (χ1) is 11.5. The molecule has 3 aromatic rings. The van der Waals surface area contributed by atoms with Gasteiger partial charge in [-0.25, -0.2) is 13.1 Å². The predicted molar refractivity (Wildman–Crippen MR) is 88.0 cm³/mol. The summed E-state index contributed by atoms with van der Waals surface area (Å²) in [5.74, 6) is 0.404. The molecule has 10 heteroatoms. The van der Waals surface area contributed by atoms with E-state index in [0.29, 0.717) is 17.1 Å². The number of halogens is 1. The lowest BCUT2D eigenvalue weighted by atomic mass is 10.3. The summed E-state index contributed by atoms with van der Waals surface area (Å²) in [6.45, 7) is 0. The SMILES string of the molecule is COc1ccc(S(=O)(=O)Nc2ccc(-n3cnnn3)cc2)cc1Cl. The van der Waals surface area contributed by atoms with Gasteiger partial charge >= 0.3 is 0 Å². The van der Waals surface area contributed by atoms with Gasteiger partial charge in [0.15, 0.2) is 0 Å². The standard InChI is InChI=1S/C14H12ClN5O3S/c1-23-14-7-6-12(8-13(14)15)24(21,22)17-10-2-4-11(5-3-10)20-9-16-18-19-20/h2-9,17H,1H3. The zero-order valence-electron chi connectivity index (χ0n) is 12.4. The third-order valence-electron chi connectivity index (χ3n) is 3.17. The molecule has 0 unspecified atom stereocenters. The van der Waals surface area contributed by atoms with E-state index in [4.69, 9.17) is 16.3 Å². The molecule has 1 aromatic heterocycles. The molecular weight excluding hydrogens is 354 g/mol. The number of aromatic nitrogens is 4. The van der Waals surface area contributed by atoms with E-state index in [1.165, 1.54) is 36.3 Å². The fourth-order valence-electron chi connectivity index (χ4n) is 1.99. The Morgan fingerprint density at radius 3 is 2.50 bits per heavy atom. The second kappa shape index (κ2) is 6.46. The minimum atomic E-state index is -3.76. The molecular formula is C14H12ClN5O3S. The second-order valence-corrected chi connectivity index (χ2v) is 6.79. The molecule has 8 nitrogen and oxygen atoms in total. The Morgan fingerprint density at radius 2 is 1.92 bits per heavy atom. The van der Waals surface area contributed by atoms with Crippen molar-refractivity contribution in [1.82, 2.24) is 20.2 Å². The van der Waals surface area contributed by atoms with Crippen molar-refractivity contribution in [2.45, 2.75) is 4.90 Å². The third kappa shape index (κ3) is 3.31. The lowest BCUT2D eigenvalue weighted by molar-refractivity contribution is 0.414. The normalized spacial score (nSPS) is 11.2. The van der Waals surface area contributed by atoms with E-state index in [9.17, 15) is 8.42 Å². The molecule has 0 fully saturated rings. The van der Waals surface area contributed by atoms with Crippen molar-refractivity contribution in [2.24, 2.45) is 0 Å². The molecule has 0 spiro atoms. The Labute approximate surface area is 143 Å². The number of anilines is 1. The molecule has 0 aliphatic carbocycles. The molecule has 0 atom stereocenters. The van der Waals surface area contributed by atoms with Crippen LogP contribution in [0.5, 0.6) is 5.75 Å². The van der Waals surface area contributed by atoms with Gasteiger partial charge in [-0.15, -0.1) is 5.10 Å². The highest BCUT2D eigenvalue weighted by atomic mass is 35.5. The molecule has 0 radical (unpaired) electrons. The van der Waals surface area contributed by atoms with Crippen LogP contribution in [0.1, 0.15) is 0 Å². The monoisotopic (exact) mass is 365 g/mol. The van der Waals surface area contributed by atoms with Gasteiger partial charge in [-0.05, 0) is 52.9 Å². The van der Waals surface area contributed by atoms with Gasteiger partial charge in [-0.3, -0.25) is 4.72 Å². The summed E-state index contributed by atoms with van der Waals surface area (Å²) >= 11 is 5.98. The Balaban J connectivity index is 1.83. The molecule has 1 heterocycles. The number of hydrogen-bond acceptors (Lipinski definition) is 6. The van der Waals surface area contributed by atoms with Crippen molar-refractivity contribution in [3.63, 3.8) is 0 Å². The van der Waals surface area contributed by atoms with Crippen LogP contribution in [0.15, 0.2) is 53.7 Å². The zero-order valence-corrected chi connectivity index (χ0v) is 14.0. The van der Waals surface area contributed by atoms with Gasteiger partial charge in [0.05, 0.1) is 22.7 Å². The summed E-state index contributed by atoms with van der Waals surface area (Å²) in [4.78, 5) is 0.0397. The molecule has 3 rings (SSSR count). The second-order valence-electron chi connectivity index (χ2n) is 4.70. The van der Waals surface area contributed by atoms with E-state index in [1.807, 2.05) is 0 Å². The van der Waals surface area contributed by atoms with Crippen LogP contribution in [0.4, 0.5) is 5.69 Å². The fraction of sp³-hybridized carbons (Fsp3) is 0.0714. The fourth-order valence-corrected chi connectivity index (χ4v) is 3.40. The van der Waals surface area contributed by atoms with Crippen LogP contribution < -0.4 is 9.46 Å². The number of methoxy groups -OCH3 is 1. The molecule has 24 heavy (non-hydrogen) atoms. The topological polar surface area (TPSA) is 99.0 Å². The third-order valence-corrected chi connectivity index (χ3v) is 4.84. The Morgan fingerprint density at radius 1 is 1.17 bits per heavy atom. The molecule has 0 bridgehead atoms. The molecule has 2 aromatic carbocycles. The molecule has 1 N–H and O–H groups in total. The van der Waals surface area contributed by atoms with Crippen LogP contribution in [-0.4, -0.2) is 35.7 Å². The number of ether oxygens (including phenoxy) is 1. The zero-order chi connectivity index (χ0) is 17.2. The maximum absolute atomic E-state index is 12.4. The summed E-state index contributed by atoms with van der Waals surface area (Å²) in [6, 6.07) is 10.8. The Hall–Kier alpha value is -2.65. The van der Waals surface area contributed by atoms with E-state index >= 15 is 0 Å². The average Bonchev–Trinajstić information content (AvgIpc) is 3.09. The molecule has 0 saturated heterocycles. The summed E-state index contributed by atoms with van der Waals surface area (Å²) in [5, 5.41) is 11.1. The van der Waals surface area contributed by atoms with E-state index in [-0.39, 0.29) is 9.92 Å². The Kier molecular flexibility index (Phi) is 4.36. The molecule has 0 amide bonds. The van der Waals surface area contributed by atoms with E-state index in [0.717, 1.165) is 0 Å². The van der Waals surface area contributed by atoms with Gasteiger partial charge in [0, 0.05) is 5.69 Å². The van der Waals surface area contributed by atoms with Crippen LogP contribution in [0, 0.1) is 0 Å². The van der Waals surface area contributed by atoms with Crippen LogP contribution in [0.25, 0.3) is 5.69 Å². The predicted octanol–water partition coefficient (Wildman–Crippen LogP) is 2.13. The number of hydrogen-bond donors (Lipinski definition) is 1. The lowest BCUT2D eigenvalue weighted by Crippen LogP contribution is -2.13. The van der Waals surface area contributed by atoms with Crippen molar-refractivity contribution in [3.8, 4) is 11.4 Å². The highest BCUT2D eigenvalue weighted by Crippen LogP contribution is 2.28. The first-order valence-corrected chi connectivity index (χ1v) is 8.55. The van der Waals surface area contributed by atoms with Gasteiger partial charge in [0.25, 0.3) is 10.0 Å². The van der Waals surface area contributed by atoms with E-state index in [1.54, 1.807) is 24.3 Å². The first kappa shape index (κ1) is 16.2. The number of benzene rings is 2. The van der Waals surface area contributed by atoms with E-state index in [2.05, 4.69) is 20.2 Å². The smallest absolute Gasteiger partial charge is 0.261 e. The van der Waals surface area contributed by atoms with Crippen molar-refractivity contribution >= 4 is 27.3 Å². The Bertz CT molecular complexity index is 943.